The molecule has 0 amide bonds. The normalized spacial score (nSPS) is 9.95. The van der Waals surface area contributed by atoms with E-state index in [4.69, 9.17) is 16.9 Å². The fourth-order valence-corrected chi connectivity index (χ4v) is 2.14. The number of nitriles is 1. The second kappa shape index (κ2) is 6.25. The van der Waals surface area contributed by atoms with Gasteiger partial charge >= 0.3 is 0 Å². The average molecular weight is 302 g/mol. The van der Waals surface area contributed by atoms with Crippen LogP contribution in [0.25, 0.3) is 0 Å². The topological polar surface area (TPSA) is 79.0 Å². The van der Waals surface area contributed by atoms with E-state index in [1.54, 1.807) is 18.2 Å². The van der Waals surface area contributed by atoms with Crippen LogP contribution >= 0.6 is 11.6 Å². The van der Waals surface area contributed by atoms with Crippen molar-refractivity contribution in [2.75, 3.05) is 5.32 Å². The Bertz CT molecular complexity index is 738. The second-order valence-electron chi connectivity index (χ2n) is 4.53. The number of hydrogen-bond acceptors (Lipinski definition) is 4. The van der Waals surface area contributed by atoms with E-state index in [0.29, 0.717) is 16.1 Å². The highest BCUT2D eigenvalue weighted by atomic mass is 35.5. The Labute approximate surface area is 126 Å². The van der Waals surface area contributed by atoms with Crippen LogP contribution in [0.15, 0.2) is 36.4 Å². The minimum atomic E-state index is -0.439. The van der Waals surface area contributed by atoms with Crippen LogP contribution < -0.4 is 5.32 Å². The second-order valence-corrected chi connectivity index (χ2v) is 4.96. The predicted molar refractivity (Wildman–Crippen MR) is 81.3 cm³/mol. The molecule has 5 nitrogen and oxygen atoms in total. The monoisotopic (exact) mass is 301 g/mol. The van der Waals surface area contributed by atoms with Crippen LogP contribution in [0.5, 0.6) is 0 Å². The molecule has 0 atom stereocenters. The summed E-state index contributed by atoms with van der Waals surface area (Å²) in [6, 6.07) is 11.8. The maximum Gasteiger partial charge on any atom is 0.274 e. The van der Waals surface area contributed by atoms with Crippen LogP contribution in [-0.2, 0) is 6.54 Å². The molecule has 0 saturated heterocycles. The lowest BCUT2D eigenvalue weighted by atomic mass is 10.1. The highest BCUT2D eigenvalue weighted by Crippen LogP contribution is 2.24. The van der Waals surface area contributed by atoms with Crippen LogP contribution in [0.4, 0.5) is 11.4 Å². The van der Waals surface area contributed by atoms with Crippen LogP contribution in [-0.4, -0.2) is 4.92 Å². The van der Waals surface area contributed by atoms with Crippen molar-refractivity contribution in [1.29, 1.82) is 5.26 Å². The lowest BCUT2D eigenvalue weighted by Crippen LogP contribution is -2.04. The zero-order valence-corrected chi connectivity index (χ0v) is 12.0. The van der Waals surface area contributed by atoms with Crippen LogP contribution in [0.3, 0.4) is 0 Å². The highest BCUT2D eigenvalue weighted by molar-refractivity contribution is 6.30. The van der Waals surface area contributed by atoms with Gasteiger partial charge in [0.15, 0.2) is 0 Å². The summed E-state index contributed by atoms with van der Waals surface area (Å²) in [5.74, 6) is 0. The van der Waals surface area contributed by atoms with E-state index in [-0.39, 0.29) is 12.2 Å². The molecule has 2 rings (SSSR count). The first-order valence-corrected chi connectivity index (χ1v) is 6.56. The van der Waals surface area contributed by atoms with E-state index in [1.807, 2.05) is 13.0 Å². The summed E-state index contributed by atoms with van der Waals surface area (Å²) in [5.41, 5.74) is 2.76. The average Bonchev–Trinajstić information content (AvgIpc) is 2.46. The summed E-state index contributed by atoms with van der Waals surface area (Å²) in [5, 5.41) is 23.5. The lowest BCUT2D eigenvalue weighted by molar-refractivity contribution is -0.385. The van der Waals surface area contributed by atoms with E-state index >= 15 is 0 Å². The van der Waals surface area contributed by atoms with Crippen molar-refractivity contribution in [2.45, 2.75) is 13.5 Å². The van der Waals surface area contributed by atoms with E-state index in [1.165, 1.54) is 12.1 Å². The number of benzene rings is 2. The Morgan fingerprint density at radius 3 is 2.76 bits per heavy atom. The van der Waals surface area contributed by atoms with Gasteiger partial charge in [0.05, 0.1) is 22.1 Å². The molecule has 21 heavy (non-hydrogen) atoms. The maximum atomic E-state index is 11.0. The molecule has 0 aromatic heterocycles. The molecule has 0 bridgehead atoms. The van der Waals surface area contributed by atoms with E-state index in [9.17, 15) is 10.1 Å². The van der Waals surface area contributed by atoms with E-state index in [2.05, 4.69) is 11.4 Å². The molecule has 1 N–H and O–H groups in total. The van der Waals surface area contributed by atoms with Crippen molar-refractivity contribution < 1.29 is 4.92 Å². The Morgan fingerprint density at radius 2 is 2.10 bits per heavy atom. The Kier molecular flexibility index (Phi) is 4.41. The molecule has 0 fully saturated rings. The van der Waals surface area contributed by atoms with Crippen molar-refractivity contribution in [2.24, 2.45) is 0 Å². The molecular weight excluding hydrogens is 290 g/mol. The Morgan fingerprint density at radius 1 is 1.33 bits per heavy atom. The molecule has 0 spiro atoms. The zero-order valence-electron chi connectivity index (χ0n) is 11.3. The summed E-state index contributed by atoms with van der Waals surface area (Å²) < 4.78 is 0. The molecule has 106 valence electrons. The summed E-state index contributed by atoms with van der Waals surface area (Å²) in [6.45, 7) is 2.16. The third-order valence-electron chi connectivity index (χ3n) is 3.07. The summed E-state index contributed by atoms with van der Waals surface area (Å²) in [7, 11) is 0. The molecule has 0 unspecified atom stereocenters. The van der Waals surface area contributed by atoms with Gasteiger partial charge in [-0.2, -0.15) is 5.26 Å². The standard InChI is InChI=1S/C15H12ClN3O2/c1-10-2-3-11(8-17)6-14(10)18-9-12-7-13(16)4-5-15(12)19(20)21/h2-7,18H,9H2,1H3. The van der Waals surface area contributed by atoms with Gasteiger partial charge in [0.2, 0.25) is 0 Å². The van der Waals surface area contributed by atoms with Crippen molar-refractivity contribution >= 4 is 23.0 Å². The molecule has 0 aliphatic carbocycles. The minimum absolute atomic E-state index is 0.0148. The van der Waals surface area contributed by atoms with Gasteiger partial charge in [0.1, 0.15) is 0 Å². The predicted octanol–water partition coefficient (Wildman–Crippen LogP) is 4.04. The first kappa shape index (κ1) is 14.8. The van der Waals surface area contributed by atoms with Gasteiger partial charge in [0.25, 0.3) is 5.69 Å². The largest absolute Gasteiger partial charge is 0.380 e. The molecule has 0 heterocycles. The van der Waals surface area contributed by atoms with E-state index < -0.39 is 4.92 Å². The first-order valence-electron chi connectivity index (χ1n) is 6.18. The minimum Gasteiger partial charge on any atom is -0.380 e. The number of nitro benzene ring substituents is 1. The fraction of sp³-hybridized carbons (Fsp3) is 0.133. The summed E-state index contributed by atoms with van der Waals surface area (Å²) >= 11 is 5.89. The van der Waals surface area contributed by atoms with E-state index in [0.717, 1.165) is 11.3 Å². The third-order valence-corrected chi connectivity index (χ3v) is 3.31. The molecule has 2 aromatic carbocycles. The van der Waals surface area contributed by atoms with Crippen molar-refractivity contribution in [3.8, 4) is 6.07 Å². The van der Waals surface area contributed by atoms with Gasteiger partial charge < -0.3 is 5.32 Å². The quantitative estimate of drug-likeness (QED) is 0.682. The lowest BCUT2D eigenvalue weighted by Gasteiger charge is -2.10. The maximum absolute atomic E-state index is 11.0. The highest BCUT2D eigenvalue weighted by Gasteiger charge is 2.14. The van der Waals surface area contributed by atoms with Crippen LogP contribution in [0, 0.1) is 28.4 Å². The van der Waals surface area contributed by atoms with Gasteiger partial charge in [-0.05, 0) is 36.8 Å². The number of hydrogen-bond donors (Lipinski definition) is 1. The number of rotatable bonds is 4. The molecule has 2 aromatic rings. The van der Waals surface area contributed by atoms with Crippen molar-refractivity contribution in [1.82, 2.24) is 0 Å². The smallest absolute Gasteiger partial charge is 0.274 e. The number of nitrogens with zero attached hydrogens (tertiary/aromatic N) is 2. The molecule has 0 radical (unpaired) electrons. The molecule has 0 aliphatic rings. The Hall–Kier alpha value is -2.58. The van der Waals surface area contributed by atoms with Gasteiger partial charge in [-0.25, -0.2) is 0 Å². The SMILES string of the molecule is Cc1ccc(C#N)cc1NCc1cc(Cl)ccc1[N+](=O)[O-]. The third kappa shape index (κ3) is 3.50. The number of halogens is 1. The van der Waals surface area contributed by atoms with Crippen LogP contribution in [0.2, 0.25) is 5.02 Å². The molecule has 0 saturated carbocycles. The van der Waals surface area contributed by atoms with Crippen LogP contribution in [0.1, 0.15) is 16.7 Å². The number of nitro groups is 1. The first-order chi connectivity index (χ1) is 10.0. The molecule has 6 heteroatoms. The van der Waals surface area contributed by atoms with Crippen molar-refractivity contribution in [3.05, 3.63) is 68.2 Å². The van der Waals surface area contributed by atoms with Gasteiger partial charge in [0, 0.05) is 23.3 Å². The van der Waals surface area contributed by atoms with Crippen molar-refractivity contribution in [3.63, 3.8) is 0 Å². The molecule has 0 aliphatic heterocycles. The van der Waals surface area contributed by atoms with Gasteiger partial charge in [-0.15, -0.1) is 0 Å². The molecular formula is C15H12ClN3O2. The zero-order chi connectivity index (χ0) is 15.4. The Balaban J connectivity index is 2.26. The number of aryl methyl sites for hydroxylation is 1. The summed E-state index contributed by atoms with van der Waals surface area (Å²) in [6.07, 6.45) is 0. The van der Waals surface area contributed by atoms with Gasteiger partial charge in [-0.1, -0.05) is 17.7 Å². The number of nitrogens with one attached hydrogen (secondary N) is 1. The fourth-order valence-electron chi connectivity index (χ4n) is 1.95. The van der Waals surface area contributed by atoms with Gasteiger partial charge in [-0.3, -0.25) is 10.1 Å². The number of anilines is 1. The summed E-state index contributed by atoms with van der Waals surface area (Å²) in [4.78, 5) is 10.6.